The van der Waals surface area contributed by atoms with Gasteiger partial charge in [-0.1, -0.05) is 35.5 Å². The molecule has 0 unspecified atom stereocenters. The van der Waals surface area contributed by atoms with E-state index in [1.807, 2.05) is 41.2 Å². The molecule has 1 heterocycles. The van der Waals surface area contributed by atoms with E-state index in [9.17, 15) is 0 Å². The number of hydrogen-bond donors (Lipinski definition) is 1. The van der Waals surface area contributed by atoms with Crippen molar-refractivity contribution in [1.29, 1.82) is 0 Å². The lowest BCUT2D eigenvalue weighted by atomic mass is 10.1. The van der Waals surface area contributed by atoms with Crippen LogP contribution in [0.15, 0.2) is 36.5 Å². The van der Waals surface area contributed by atoms with Crippen molar-refractivity contribution in [3.63, 3.8) is 0 Å². The first-order chi connectivity index (χ1) is 9.05. The van der Waals surface area contributed by atoms with Crippen LogP contribution < -0.4 is 5.48 Å². The van der Waals surface area contributed by atoms with Gasteiger partial charge in [0.1, 0.15) is 0 Å². The third-order valence-electron chi connectivity index (χ3n) is 2.67. The average Bonchev–Trinajstić information content (AvgIpc) is 2.85. The third kappa shape index (κ3) is 4.15. The molecular formula is C14H20N4O. The molecule has 0 saturated carbocycles. The third-order valence-corrected chi connectivity index (χ3v) is 2.67. The Balaban J connectivity index is 1.76. The molecule has 0 spiro atoms. The lowest BCUT2D eigenvalue weighted by Gasteiger charge is -2.17. The molecule has 0 radical (unpaired) electrons. The summed E-state index contributed by atoms with van der Waals surface area (Å²) in [6, 6.07) is 10.0. The predicted molar refractivity (Wildman–Crippen MR) is 73.1 cm³/mol. The van der Waals surface area contributed by atoms with Crippen molar-refractivity contribution < 1.29 is 4.84 Å². The molecular weight excluding hydrogens is 240 g/mol. The smallest absolute Gasteiger partial charge is 0.0988 e. The minimum atomic E-state index is -0.0455. The van der Waals surface area contributed by atoms with Gasteiger partial charge in [0.2, 0.25) is 0 Å². The van der Waals surface area contributed by atoms with Crippen molar-refractivity contribution in [3.05, 3.63) is 47.8 Å². The van der Waals surface area contributed by atoms with Gasteiger partial charge in [0.15, 0.2) is 0 Å². The molecule has 0 amide bonds. The van der Waals surface area contributed by atoms with Gasteiger partial charge in [0.25, 0.3) is 0 Å². The van der Waals surface area contributed by atoms with Crippen LogP contribution in [0.25, 0.3) is 0 Å². The summed E-state index contributed by atoms with van der Waals surface area (Å²) in [4.78, 5) is 5.39. The van der Waals surface area contributed by atoms with Crippen molar-refractivity contribution in [2.24, 2.45) is 0 Å². The highest BCUT2D eigenvalue weighted by Gasteiger charge is 2.14. The molecule has 0 saturated heterocycles. The average molecular weight is 260 g/mol. The second kappa shape index (κ2) is 5.95. The predicted octanol–water partition coefficient (Wildman–Crippen LogP) is 2.25. The fourth-order valence-electron chi connectivity index (χ4n) is 1.54. The van der Waals surface area contributed by atoms with Crippen LogP contribution in [-0.4, -0.2) is 15.0 Å². The number of rotatable bonds is 5. The van der Waals surface area contributed by atoms with E-state index in [1.165, 1.54) is 0 Å². The van der Waals surface area contributed by atoms with Crippen LogP contribution in [0.3, 0.4) is 0 Å². The lowest BCUT2D eigenvalue weighted by Crippen LogP contribution is -2.22. The first kappa shape index (κ1) is 13.7. The van der Waals surface area contributed by atoms with Crippen LogP contribution in [0.2, 0.25) is 0 Å². The van der Waals surface area contributed by atoms with Crippen LogP contribution in [-0.2, 0) is 23.5 Å². The number of nitrogens with zero attached hydrogens (tertiary/aromatic N) is 3. The van der Waals surface area contributed by atoms with Gasteiger partial charge in [-0.2, -0.15) is 5.48 Å². The molecule has 0 fully saturated rings. The Labute approximate surface area is 113 Å². The normalized spacial score (nSPS) is 11.7. The van der Waals surface area contributed by atoms with Crippen molar-refractivity contribution >= 4 is 0 Å². The Bertz CT molecular complexity index is 502. The number of aromatic nitrogens is 3. The van der Waals surface area contributed by atoms with Gasteiger partial charge in [-0.15, -0.1) is 5.10 Å². The zero-order valence-corrected chi connectivity index (χ0v) is 11.6. The topological polar surface area (TPSA) is 52.0 Å². The minimum Gasteiger partial charge on any atom is -0.297 e. The fraction of sp³-hybridized carbons (Fsp3) is 0.429. The van der Waals surface area contributed by atoms with Crippen LogP contribution in [0.5, 0.6) is 0 Å². The molecule has 1 aromatic heterocycles. The summed E-state index contributed by atoms with van der Waals surface area (Å²) in [5.41, 5.74) is 4.85. The molecule has 102 valence electrons. The maximum absolute atomic E-state index is 5.39. The molecule has 1 aromatic carbocycles. The second-order valence-electron chi connectivity index (χ2n) is 5.42. The van der Waals surface area contributed by atoms with E-state index < -0.39 is 0 Å². The molecule has 19 heavy (non-hydrogen) atoms. The van der Waals surface area contributed by atoms with E-state index in [4.69, 9.17) is 4.84 Å². The molecule has 0 aliphatic carbocycles. The highest BCUT2D eigenvalue weighted by Crippen LogP contribution is 2.11. The molecule has 5 nitrogen and oxygen atoms in total. The molecule has 2 aromatic rings. The van der Waals surface area contributed by atoms with E-state index in [1.54, 1.807) is 0 Å². The lowest BCUT2D eigenvalue weighted by molar-refractivity contribution is 0.0228. The number of nitrogens with one attached hydrogen (secondary N) is 1. The summed E-state index contributed by atoms with van der Waals surface area (Å²) in [5.74, 6) is 0. The highest BCUT2D eigenvalue weighted by atomic mass is 16.6. The van der Waals surface area contributed by atoms with Crippen molar-refractivity contribution in [2.45, 2.75) is 39.5 Å². The van der Waals surface area contributed by atoms with Gasteiger partial charge in [0.05, 0.1) is 30.6 Å². The van der Waals surface area contributed by atoms with E-state index >= 15 is 0 Å². The summed E-state index contributed by atoms with van der Waals surface area (Å²) in [6.45, 7) is 7.34. The van der Waals surface area contributed by atoms with Crippen LogP contribution >= 0.6 is 0 Å². The zero-order chi connectivity index (χ0) is 13.7. The minimum absolute atomic E-state index is 0.0455. The van der Waals surface area contributed by atoms with Gasteiger partial charge in [0, 0.05) is 0 Å². The summed E-state index contributed by atoms with van der Waals surface area (Å²) < 4.78 is 1.85. The molecule has 1 N–H and O–H groups in total. The van der Waals surface area contributed by atoms with Crippen molar-refractivity contribution in [1.82, 2.24) is 20.5 Å². The van der Waals surface area contributed by atoms with E-state index in [-0.39, 0.29) is 5.54 Å². The maximum Gasteiger partial charge on any atom is 0.0988 e. The Morgan fingerprint density at radius 2 is 1.95 bits per heavy atom. The first-order valence-corrected chi connectivity index (χ1v) is 6.36. The number of benzene rings is 1. The van der Waals surface area contributed by atoms with Gasteiger partial charge in [-0.25, -0.2) is 4.68 Å². The Morgan fingerprint density at radius 1 is 1.21 bits per heavy atom. The maximum atomic E-state index is 5.39. The van der Waals surface area contributed by atoms with Gasteiger partial charge in [-0.05, 0) is 26.3 Å². The number of hydroxylamine groups is 1. The highest BCUT2D eigenvalue weighted by molar-refractivity contribution is 5.13. The van der Waals surface area contributed by atoms with Crippen LogP contribution in [0.4, 0.5) is 0 Å². The summed E-state index contributed by atoms with van der Waals surface area (Å²) in [7, 11) is 0. The van der Waals surface area contributed by atoms with E-state index in [0.717, 1.165) is 11.3 Å². The van der Waals surface area contributed by atoms with Crippen LogP contribution in [0, 0.1) is 0 Å². The van der Waals surface area contributed by atoms with Gasteiger partial charge in [-0.3, -0.25) is 4.84 Å². The van der Waals surface area contributed by atoms with E-state index in [2.05, 4.69) is 36.6 Å². The standard InChI is InChI=1S/C14H20N4O/c1-14(2,3)18-10-13(16-17-18)9-15-19-11-12-7-5-4-6-8-12/h4-8,10,15H,9,11H2,1-3H3. The Hall–Kier alpha value is -1.72. The molecule has 0 atom stereocenters. The SMILES string of the molecule is CC(C)(C)n1cc(CNOCc2ccccc2)nn1. The molecule has 0 bridgehead atoms. The van der Waals surface area contributed by atoms with Crippen molar-refractivity contribution in [2.75, 3.05) is 0 Å². The zero-order valence-electron chi connectivity index (χ0n) is 11.6. The fourth-order valence-corrected chi connectivity index (χ4v) is 1.54. The largest absolute Gasteiger partial charge is 0.297 e. The summed E-state index contributed by atoms with van der Waals surface area (Å²) in [6.07, 6.45) is 1.93. The van der Waals surface area contributed by atoms with Crippen LogP contribution in [0.1, 0.15) is 32.0 Å². The Morgan fingerprint density at radius 3 is 2.58 bits per heavy atom. The molecule has 2 rings (SSSR count). The second-order valence-corrected chi connectivity index (χ2v) is 5.42. The van der Waals surface area contributed by atoms with E-state index in [0.29, 0.717) is 13.2 Å². The summed E-state index contributed by atoms with van der Waals surface area (Å²) in [5, 5.41) is 8.19. The van der Waals surface area contributed by atoms with Crippen molar-refractivity contribution in [3.8, 4) is 0 Å². The molecule has 0 aliphatic heterocycles. The number of hydrogen-bond acceptors (Lipinski definition) is 4. The summed E-state index contributed by atoms with van der Waals surface area (Å²) >= 11 is 0. The first-order valence-electron chi connectivity index (χ1n) is 6.36. The van der Waals surface area contributed by atoms with Gasteiger partial charge < -0.3 is 0 Å². The Kier molecular flexibility index (Phi) is 4.29. The monoisotopic (exact) mass is 260 g/mol. The molecule has 0 aliphatic rings. The quantitative estimate of drug-likeness (QED) is 0.662. The van der Waals surface area contributed by atoms with Gasteiger partial charge >= 0.3 is 0 Å². The molecule has 5 heteroatoms.